The van der Waals surface area contributed by atoms with Crippen molar-refractivity contribution in [1.82, 2.24) is 29.9 Å². The molecule has 192 valence electrons. The summed E-state index contributed by atoms with van der Waals surface area (Å²) < 4.78 is 64.0. The number of fused-ring (bicyclic) bond motifs is 1. The lowest BCUT2D eigenvalue weighted by atomic mass is 9.50. The van der Waals surface area contributed by atoms with Crippen molar-refractivity contribution in [2.75, 3.05) is 11.9 Å². The number of nitrogens with zero attached hydrogens (tertiary/aromatic N) is 4. The maximum absolute atomic E-state index is 15.1. The van der Waals surface area contributed by atoms with Gasteiger partial charge in [0.25, 0.3) is 0 Å². The van der Waals surface area contributed by atoms with Crippen molar-refractivity contribution in [3.05, 3.63) is 30.2 Å². The first-order chi connectivity index (χ1) is 17.2. The smallest absolute Gasteiger partial charge is 0.422 e. The molecular weight excluding hydrogens is 486 g/mol. The van der Waals surface area contributed by atoms with Crippen molar-refractivity contribution in [3.8, 4) is 5.88 Å². The lowest BCUT2D eigenvalue weighted by Gasteiger charge is -2.61. The fourth-order valence-electron chi connectivity index (χ4n) is 5.31. The lowest BCUT2D eigenvalue weighted by molar-refractivity contribution is -0.154. The van der Waals surface area contributed by atoms with Gasteiger partial charge in [-0.3, -0.25) is 9.50 Å². The Morgan fingerprint density at radius 1 is 1.28 bits per heavy atom. The van der Waals surface area contributed by atoms with Crippen molar-refractivity contribution in [3.63, 3.8) is 0 Å². The molecule has 4 saturated carbocycles. The molecule has 10 nitrogen and oxygen atoms in total. The highest BCUT2D eigenvalue weighted by molar-refractivity contribution is 5.69. The summed E-state index contributed by atoms with van der Waals surface area (Å²) in [6.07, 6.45) is -0.772. The summed E-state index contributed by atoms with van der Waals surface area (Å²) in [5, 5.41) is 12.8. The Morgan fingerprint density at radius 3 is 2.81 bits per heavy atom. The number of H-pyrrole nitrogens is 1. The van der Waals surface area contributed by atoms with Crippen LogP contribution in [0.5, 0.6) is 5.88 Å². The second-order valence-electron chi connectivity index (χ2n) is 9.77. The molecule has 0 spiro atoms. The molecule has 0 radical (unpaired) electrons. The molecule has 3 atom stereocenters. The average Bonchev–Trinajstić information content (AvgIpc) is 3.48. The van der Waals surface area contributed by atoms with Gasteiger partial charge in [0.1, 0.15) is 17.9 Å². The third-order valence-electron chi connectivity index (χ3n) is 7.15. The van der Waals surface area contributed by atoms with Crippen LogP contribution in [-0.4, -0.2) is 61.3 Å². The van der Waals surface area contributed by atoms with Crippen LogP contribution in [0.2, 0.25) is 0 Å². The van der Waals surface area contributed by atoms with Crippen LogP contribution in [0.1, 0.15) is 43.7 Å². The number of anilines is 2. The third-order valence-corrected chi connectivity index (χ3v) is 7.15. The normalized spacial score (nSPS) is 28.9. The molecule has 14 heteroatoms. The number of nitrogens with one attached hydrogen (secondary N) is 3. The first-order valence-electron chi connectivity index (χ1n) is 11.7. The van der Waals surface area contributed by atoms with E-state index < -0.39 is 37.1 Å². The Bertz CT molecular complexity index is 1280. The second kappa shape index (κ2) is 8.23. The zero-order chi connectivity index (χ0) is 25.1. The van der Waals surface area contributed by atoms with Crippen LogP contribution in [0.3, 0.4) is 0 Å². The van der Waals surface area contributed by atoms with Gasteiger partial charge in [-0.1, -0.05) is 0 Å². The molecule has 36 heavy (non-hydrogen) atoms. The highest BCUT2D eigenvalue weighted by Crippen LogP contribution is 2.57. The summed E-state index contributed by atoms with van der Waals surface area (Å²) >= 11 is 0. The standard InChI is InChI=1S/C22H23F4N7O3/c23-18-12(1-2-14(18)36-20(34)30-21-6-11(7-21)8-21)13-5-15(32-31-13)28-19-27-4-3-16-29-17(9-33(16)19)35-10-22(24,25)26/h3-5,9,11-12,14,18H,1-2,6-8,10H2,(H,30,34)(H2,27,28,31,32)/t11?,12-,14-,18+,21?/m0/s1. The van der Waals surface area contributed by atoms with Gasteiger partial charge >= 0.3 is 12.3 Å². The van der Waals surface area contributed by atoms with Crippen LogP contribution in [0.25, 0.3) is 5.65 Å². The van der Waals surface area contributed by atoms with E-state index >= 15 is 4.39 Å². The average molecular weight is 509 g/mol. The van der Waals surface area contributed by atoms with Crippen LogP contribution in [0.4, 0.5) is 34.1 Å². The molecular formula is C22H23F4N7O3. The molecule has 3 aromatic rings. The van der Waals surface area contributed by atoms with Crippen LogP contribution in [0.15, 0.2) is 24.5 Å². The first-order valence-corrected chi connectivity index (χ1v) is 11.7. The maximum Gasteiger partial charge on any atom is 0.422 e. The van der Waals surface area contributed by atoms with Crippen LogP contribution in [0, 0.1) is 5.92 Å². The zero-order valence-corrected chi connectivity index (χ0v) is 18.9. The fourth-order valence-corrected chi connectivity index (χ4v) is 5.31. The Hall–Kier alpha value is -3.58. The van der Waals surface area contributed by atoms with Crippen LogP contribution in [-0.2, 0) is 4.74 Å². The number of aromatic amines is 1. The minimum atomic E-state index is -4.49. The molecule has 4 fully saturated rings. The molecule has 4 aliphatic carbocycles. The number of imidazole rings is 1. The second-order valence-corrected chi connectivity index (χ2v) is 9.77. The summed E-state index contributed by atoms with van der Waals surface area (Å²) in [5.74, 6) is 0.532. The highest BCUT2D eigenvalue weighted by atomic mass is 19.4. The van der Waals surface area contributed by atoms with Crippen molar-refractivity contribution >= 4 is 23.5 Å². The van der Waals surface area contributed by atoms with E-state index in [1.807, 2.05) is 0 Å². The van der Waals surface area contributed by atoms with Crippen molar-refractivity contribution < 1.29 is 31.8 Å². The molecule has 3 N–H and O–H groups in total. The number of rotatable bonds is 7. The van der Waals surface area contributed by atoms with Gasteiger partial charge in [-0.25, -0.2) is 14.2 Å². The number of alkyl halides is 4. The monoisotopic (exact) mass is 509 g/mol. The van der Waals surface area contributed by atoms with E-state index in [1.54, 1.807) is 6.07 Å². The van der Waals surface area contributed by atoms with Crippen molar-refractivity contribution in [2.24, 2.45) is 5.92 Å². The number of alkyl carbamates (subject to hydrolysis) is 1. The molecule has 0 aliphatic heterocycles. The SMILES string of the molecule is O=C(NC12CC(C1)C2)O[C@H]1CC[C@@H](c2cc(Nc3nccc4nc(OCC(F)(F)F)cn34)n[nH]2)[C@H]1F. The molecule has 1 amide bonds. The fraction of sp³-hybridized carbons (Fsp3) is 0.545. The first kappa shape index (κ1) is 22.9. The topological polar surface area (TPSA) is 118 Å². The van der Waals surface area contributed by atoms with Crippen molar-refractivity contribution in [1.29, 1.82) is 0 Å². The predicted molar refractivity (Wildman–Crippen MR) is 117 cm³/mol. The minimum Gasteiger partial charge on any atom is -0.467 e. The molecule has 0 aromatic carbocycles. The van der Waals surface area contributed by atoms with Gasteiger partial charge in [0.15, 0.2) is 12.4 Å². The van der Waals surface area contributed by atoms with E-state index in [0.717, 1.165) is 19.3 Å². The molecule has 4 aliphatic rings. The van der Waals surface area contributed by atoms with Crippen LogP contribution < -0.4 is 15.4 Å². The Balaban J connectivity index is 1.09. The third kappa shape index (κ3) is 4.28. The van der Waals surface area contributed by atoms with E-state index in [4.69, 9.17) is 9.47 Å². The molecule has 0 saturated heterocycles. The lowest BCUT2D eigenvalue weighted by Crippen LogP contribution is -2.68. The summed E-state index contributed by atoms with van der Waals surface area (Å²) in [6.45, 7) is -1.46. The van der Waals surface area contributed by atoms with Gasteiger partial charge < -0.3 is 20.1 Å². The number of amides is 1. The molecule has 3 aromatic heterocycles. The molecule has 7 rings (SSSR count). The summed E-state index contributed by atoms with van der Waals surface area (Å²) in [4.78, 5) is 20.4. The van der Waals surface area contributed by atoms with Crippen molar-refractivity contribution in [2.45, 2.75) is 62.0 Å². The number of hydrogen-bond acceptors (Lipinski definition) is 7. The van der Waals surface area contributed by atoms with Gasteiger partial charge in [-0.2, -0.15) is 23.3 Å². The number of halogens is 4. The maximum atomic E-state index is 15.1. The highest BCUT2D eigenvalue weighted by Gasteiger charge is 2.58. The van der Waals surface area contributed by atoms with Gasteiger partial charge in [-0.15, -0.1) is 0 Å². The Labute approximate surface area is 201 Å². The van der Waals surface area contributed by atoms with E-state index in [0.29, 0.717) is 35.9 Å². The summed E-state index contributed by atoms with van der Waals surface area (Å²) in [5.41, 5.74) is 0.715. The molecule has 2 bridgehead atoms. The number of carbonyl (C=O) groups is 1. The zero-order valence-electron chi connectivity index (χ0n) is 18.9. The number of carbonyl (C=O) groups excluding carboxylic acids is 1. The number of aromatic nitrogens is 5. The number of ether oxygens (including phenoxy) is 2. The predicted octanol–water partition coefficient (Wildman–Crippen LogP) is 4.00. The van der Waals surface area contributed by atoms with E-state index in [2.05, 4.69) is 30.8 Å². The molecule has 3 heterocycles. The van der Waals surface area contributed by atoms with E-state index in [1.165, 1.54) is 22.9 Å². The van der Waals surface area contributed by atoms with Gasteiger partial charge in [0.05, 0.1) is 6.20 Å². The van der Waals surface area contributed by atoms with Gasteiger partial charge in [0.2, 0.25) is 11.8 Å². The Morgan fingerprint density at radius 2 is 2.08 bits per heavy atom. The van der Waals surface area contributed by atoms with Crippen LogP contribution >= 0.6 is 0 Å². The minimum absolute atomic E-state index is 0.132. The quantitative estimate of drug-likeness (QED) is 0.412. The van der Waals surface area contributed by atoms with E-state index in [9.17, 15) is 18.0 Å². The van der Waals surface area contributed by atoms with Gasteiger partial charge in [-0.05, 0) is 44.1 Å². The summed E-state index contributed by atoms with van der Waals surface area (Å²) in [6, 6.07) is 3.14. The molecule has 0 unspecified atom stereocenters. The Kier molecular flexibility index (Phi) is 5.23. The van der Waals surface area contributed by atoms with Gasteiger partial charge in [0, 0.05) is 29.4 Å². The number of hydrogen-bond donors (Lipinski definition) is 3. The largest absolute Gasteiger partial charge is 0.467 e. The summed E-state index contributed by atoms with van der Waals surface area (Å²) in [7, 11) is 0. The van der Waals surface area contributed by atoms with E-state index in [-0.39, 0.29) is 17.4 Å².